The Morgan fingerprint density at radius 3 is 2.32 bits per heavy atom. The SMILES string of the molecule is COC1(C(=O)N2CCC(NS(=O)(=O)c3ccc(F)cc3)CC2)CCNCC1.Cl. The van der Waals surface area contributed by atoms with E-state index in [0.717, 1.165) is 25.2 Å². The van der Waals surface area contributed by atoms with Crippen molar-refractivity contribution in [3.8, 4) is 0 Å². The van der Waals surface area contributed by atoms with E-state index in [1.807, 2.05) is 0 Å². The monoisotopic (exact) mass is 435 g/mol. The quantitative estimate of drug-likeness (QED) is 0.727. The van der Waals surface area contributed by atoms with Crippen molar-refractivity contribution in [3.05, 3.63) is 30.1 Å². The topological polar surface area (TPSA) is 87.7 Å². The van der Waals surface area contributed by atoms with Crippen molar-refractivity contribution >= 4 is 28.3 Å². The molecule has 0 aromatic heterocycles. The highest BCUT2D eigenvalue weighted by molar-refractivity contribution is 7.89. The van der Waals surface area contributed by atoms with Crippen LogP contribution in [0.1, 0.15) is 25.7 Å². The third-order valence-electron chi connectivity index (χ3n) is 5.42. The van der Waals surface area contributed by atoms with Gasteiger partial charge in [0.25, 0.3) is 5.91 Å². The standard InChI is InChI=1S/C18H26FN3O4S.ClH/c1-26-18(8-10-20-11-9-18)17(23)22-12-6-15(7-13-22)21-27(24,25)16-4-2-14(19)3-5-16;/h2-5,15,20-21H,6-13H2,1H3;1H. The Morgan fingerprint density at radius 1 is 1.21 bits per heavy atom. The average Bonchev–Trinajstić information content (AvgIpc) is 2.68. The summed E-state index contributed by atoms with van der Waals surface area (Å²) < 4.78 is 46.1. The van der Waals surface area contributed by atoms with Crippen molar-refractivity contribution in [2.24, 2.45) is 0 Å². The number of amides is 1. The maximum absolute atomic E-state index is 13.0. The summed E-state index contributed by atoms with van der Waals surface area (Å²) in [6, 6.07) is 4.49. The minimum absolute atomic E-state index is 0. The number of piperidine rings is 2. The van der Waals surface area contributed by atoms with Gasteiger partial charge in [-0.1, -0.05) is 0 Å². The Balaban J connectivity index is 0.00000280. The fourth-order valence-electron chi connectivity index (χ4n) is 3.73. The van der Waals surface area contributed by atoms with E-state index in [4.69, 9.17) is 4.74 Å². The van der Waals surface area contributed by atoms with Crippen LogP contribution in [0.3, 0.4) is 0 Å². The summed E-state index contributed by atoms with van der Waals surface area (Å²) in [5.41, 5.74) is -0.772. The first-order valence-electron chi connectivity index (χ1n) is 9.19. The molecule has 158 valence electrons. The first-order valence-corrected chi connectivity index (χ1v) is 10.7. The van der Waals surface area contributed by atoms with E-state index in [-0.39, 0.29) is 29.3 Å². The van der Waals surface area contributed by atoms with Crippen molar-refractivity contribution in [2.75, 3.05) is 33.3 Å². The van der Waals surface area contributed by atoms with Crippen LogP contribution in [0.25, 0.3) is 0 Å². The molecule has 2 aliphatic heterocycles. The summed E-state index contributed by atoms with van der Waals surface area (Å²) >= 11 is 0. The summed E-state index contributed by atoms with van der Waals surface area (Å²) in [7, 11) is -2.13. The number of benzene rings is 1. The van der Waals surface area contributed by atoms with Gasteiger partial charge in [-0.05, 0) is 63.0 Å². The minimum Gasteiger partial charge on any atom is -0.368 e. The lowest BCUT2D eigenvalue weighted by atomic mass is 9.89. The predicted molar refractivity (Wildman–Crippen MR) is 105 cm³/mol. The van der Waals surface area contributed by atoms with Crippen LogP contribution in [0, 0.1) is 5.82 Å². The zero-order chi connectivity index (χ0) is 19.5. The first-order chi connectivity index (χ1) is 12.9. The molecular weight excluding hydrogens is 409 g/mol. The van der Waals surface area contributed by atoms with Gasteiger partial charge >= 0.3 is 0 Å². The van der Waals surface area contributed by atoms with Crippen LogP contribution in [-0.2, 0) is 19.6 Å². The molecule has 0 radical (unpaired) electrons. The van der Waals surface area contributed by atoms with Crippen LogP contribution in [0.2, 0.25) is 0 Å². The third kappa shape index (κ3) is 5.01. The van der Waals surface area contributed by atoms with Crippen LogP contribution < -0.4 is 10.0 Å². The number of rotatable bonds is 5. The van der Waals surface area contributed by atoms with Crippen LogP contribution in [0.15, 0.2) is 29.2 Å². The van der Waals surface area contributed by atoms with Crippen molar-refractivity contribution in [1.82, 2.24) is 14.9 Å². The van der Waals surface area contributed by atoms with Gasteiger partial charge in [-0.15, -0.1) is 12.4 Å². The second-order valence-corrected chi connectivity index (χ2v) is 8.80. The van der Waals surface area contributed by atoms with Gasteiger partial charge in [0.1, 0.15) is 11.4 Å². The number of likely N-dealkylation sites (tertiary alicyclic amines) is 1. The highest BCUT2D eigenvalue weighted by Crippen LogP contribution is 2.27. The minimum atomic E-state index is -3.70. The molecule has 28 heavy (non-hydrogen) atoms. The molecule has 2 saturated heterocycles. The van der Waals surface area contributed by atoms with E-state index in [2.05, 4.69) is 10.0 Å². The fourth-order valence-corrected chi connectivity index (χ4v) is 5.03. The van der Waals surface area contributed by atoms with Crippen molar-refractivity contribution in [3.63, 3.8) is 0 Å². The first kappa shape index (κ1) is 23.0. The normalized spacial score (nSPS) is 20.4. The largest absolute Gasteiger partial charge is 0.368 e. The number of nitrogens with one attached hydrogen (secondary N) is 2. The lowest BCUT2D eigenvalue weighted by Crippen LogP contribution is -2.57. The third-order valence-corrected chi connectivity index (χ3v) is 6.96. The van der Waals surface area contributed by atoms with Crippen LogP contribution in [0.4, 0.5) is 4.39 Å². The molecule has 10 heteroatoms. The van der Waals surface area contributed by atoms with E-state index >= 15 is 0 Å². The molecule has 0 unspecified atom stereocenters. The number of sulfonamides is 1. The smallest absolute Gasteiger partial charge is 0.254 e. The molecule has 1 aromatic rings. The van der Waals surface area contributed by atoms with E-state index in [9.17, 15) is 17.6 Å². The van der Waals surface area contributed by atoms with Gasteiger partial charge < -0.3 is 15.0 Å². The molecule has 1 aromatic carbocycles. The predicted octanol–water partition coefficient (Wildman–Crippen LogP) is 1.29. The molecule has 0 spiro atoms. The van der Waals surface area contributed by atoms with Gasteiger partial charge in [-0.3, -0.25) is 4.79 Å². The maximum atomic E-state index is 13.0. The van der Waals surface area contributed by atoms with Gasteiger partial charge in [0, 0.05) is 26.2 Å². The molecule has 0 saturated carbocycles. The Labute approximate surface area is 171 Å². The molecule has 0 atom stereocenters. The van der Waals surface area contributed by atoms with Gasteiger partial charge in [0.2, 0.25) is 10.0 Å². The molecule has 2 heterocycles. The van der Waals surface area contributed by atoms with Crippen molar-refractivity contribution in [2.45, 2.75) is 42.2 Å². The van der Waals surface area contributed by atoms with Crippen molar-refractivity contribution in [1.29, 1.82) is 0 Å². The van der Waals surface area contributed by atoms with E-state index < -0.39 is 21.4 Å². The van der Waals surface area contributed by atoms with Crippen LogP contribution in [0.5, 0.6) is 0 Å². The van der Waals surface area contributed by atoms with E-state index in [1.54, 1.807) is 12.0 Å². The summed E-state index contributed by atoms with van der Waals surface area (Å²) in [5.74, 6) is -0.489. The maximum Gasteiger partial charge on any atom is 0.254 e. The number of carbonyl (C=O) groups is 1. The Morgan fingerprint density at radius 2 is 1.79 bits per heavy atom. The average molecular weight is 436 g/mol. The molecule has 0 bridgehead atoms. The highest BCUT2D eigenvalue weighted by Gasteiger charge is 2.43. The molecule has 3 rings (SSSR count). The lowest BCUT2D eigenvalue weighted by Gasteiger charge is -2.41. The zero-order valence-corrected chi connectivity index (χ0v) is 17.5. The van der Waals surface area contributed by atoms with Crippen LogP contribution >= 0.6 is 12.4 Å². The number of ether oxygens (including phenoxy) is 1. The second kappa shape index (κ2) is 9.49. The van der Waals surface area contributed by atoms with E-state index in [1.165, 1.54) is 12.1 Å². The molecule has 2 fully saturated rings. The number of halogens is 2. The molecule has 0 aliphatic carbocycles. The van der Waals surface area contributed by atoms with Gasteiger partial charge in [0.05, 0.1) is 4.90 Å². The Kier molecular flexibility index (Phi) is 7.81. The molecule has 1 amide bonds. The summed E-state index contributed by atoms with van der Waals surface area (Å²) in [4.78, 5) is 14.8. The molecule has 2 aliphatic rings. The summed E-state index contributed by atoms with van der Waals surface area (Å²) in [6.07, 6.45) is 2.34. The number of carbonyl (C=O) groups excluding carboxylic acids is 1. The highest BCUT2D eigenvalue weighted by atomic mass is 35.5. The number of methoxy groups -OCH3 is 1. The number of nitrogens with zero attached hydrogens (tertiary/aromatic N) is 1. The van der Waals surface area contributed by atoms with Gasteiger partial charge in [0.15, 0.2) is 0 Å². The molecular formula is C18H27ClFN3O4S. The number of hydrogen-bond donors (Lipinski definition) is 2. The lowest BCUT2D eigenvalue weighted by molar-refractivity contribution is -0.159. The summed E-state index contributed by atoms with van der Waals surface area (Å²) in [5, 5.41) is 3.23. The zero-order valence-electron chi connectivity index (χ0n) is 15.8. The van der Waals surface area contributed by atoms with E-state index in [0.29, 0.717) is 38.8 Å². The Bertz CT molecular complexity index is 762. The van der Waals surface area contributed by atoms with Gasteiger partial charge in [-0.25, -0.2) is 17.5 Å². The van der Waals surface area contributed by atoms with Crippen molar-refractivity contribution < 1.29 is 22.3 Å². The fraction of sp³-hybridized carbons (Fsp3) is 0.611. The second-order valence-electron chi connectivity index (χ2n) is 7.09. The molecule has 2 N–H and O–H groups in total. The molecule has 7 nitrogen and oxygen atoms in total. The summed E-state index contributed by atoms with van der Waals surface area (Å²) in [6.45, 7) is 2.45. The van der Waals surface area contributed by atoms with Gasteiger partial charge in [-0.2, -0.15) is 0 Å². The Hall–Kier alpha value is -1.26. The van der Waals surface area contributed by atoms with Crippen LogP contribution in [-0.4, -0.2) is 64.2 Å². The number of hydrogen-bond acceptors (Lipinski definition) is 5.